The third-order valence-corrected chi connectivity index (χ3v) is 3.87. The molecule has 3 aromatic rings. The Morgan fingerprint density at radius 3 is 2.58 bits per heavy atom. The van der Waals surface area contributed by atoms with Crippen molar-refractivity contribution in [3.05, 3.63) is 71.6 Å². The lowest BCUT2D eigenvalue weighted by Gasteiger charge is -2.04. The monoisotopic (exact) mass is 354 g/mol. The Balaban J connectivity index is 1.83. The van der Waals surface area contributed by atoms with Gasteiger partial charge in [0.05, 0.1) is 5.52 Å². The van der Waals surface area contributed by atoms with Gasteiger partial charge in [0.25, 0.3) is 11.8 Å². The van der Waals surface area contributed by atoms with E-state index >= 15 is 0 Å². The summed E-state index contributed by atoms with van der Waals surface area (Å²) in [7, 11) is 0. The van der Waals surface area contributed by atoms with Crippen LogP contribution in [-0.2, 0) is 6.54 Å². The number of pyridine rings is 1. The first-order chi connectivity index (χ1) is 12.6. The number of imidazole rings is 1. The number of hydrogen-bond acceptors (Lipinski definition) is 3. The third-order valence-electron chi connectivity index (χ3n) is 3.87. The summed E-state index contributed by atoms with van der Waals surface area (Å²) in [6.45, 7) is 2.73. The number of nitrogens with zero attached hydrogens (tertiary/aromatic N) is 2. The van der Waals surface area contributed by atoms with Crippen molar-refractivity contribution >= 4 is 17.3 Å². The fourth-order valence-electron chi connectivity index (χ4n) is 2.55. The van der Waals surface area contributed by atoms with E-state index in [1.807, 2.05) is 6.92 Å². The summed E-state index contributed by atoms with van der Waals surface area (Å²) in [5, 5.41) is 5.52. The maximum atomic E-state index is 13.0. The molecule has 0 saturated carbocycles. The fourth-order valence-corrected chi connectivity index (χ4v) is 2.55. The van der Waals surface area contributed by atoms with Gasteiger partial charge in [0.1, 0.15) is 5.82 Å². The number of halogens is 1. The van der Waals surface area contributed by atoms with E-state index in [4.69, 9.17) is 0 Å². The third kappa shape index (κ3) is 3.72. The normalized spacial score (nSPS) is 10.7. The minimum absolute atomic E-state index is 0.168. The number of carbonyl (C=O) groups is 2. The number of aromatic nitrogens is 2. The summed E-state index contributed by atoms with van der Waals surface area (Å²) >= 11 is 0. The van der Waals surface area contributed by atoms with Crippen molar-refractivity contribution in [2.24, 2.45) is 0 Å². The van der Waals surface area contributed by atoms with Crippen molar-refractivity contribution in [2.45, 2.75) is 19.9 Å². The number of hydrogen-bond donors (Lipinski definition) is 2. The molecule has 0 saturated heterocycles. The van der Waals surface area contributed by atoms with Crippen LogP contribution in [0, 0.1) is 5.82 Å². The molecule has 2 amide bonds. The quantitative estimate of drug-likeness (QED) is 0.714. The van der Waals surface area contributed by atoms with E-state index in [9.17, 15) is 14.0 Å². The first kappa shape index (κ1) is 17.6. The van der Waals surface area contributed by atoms with E-state index < -0.39 is 5.91 Å². The van der Waals surface area contributed by atoms with Gasteiger partial charge in [-0.1, -0.05) is 25.1 Å². The molecule has 26 heavy (non-hydrogen) atoms. The van der Waals surface area contributed by atoms with Crippen molar-refractivity contribution in [3.8, 4) is 0 Å². The number of amides is 2. The van der Waals surface area contributed by atoms with Gasteiger partial charge in [0.15, 0.2) is 5.69 Å². The first-order valence-electron chi connectivity index (χ1n) is 8.38. The summed E-state index contributed by atoms with van der Waals surface area (Å²) in [5.74, 6) is -0.887. The SMILES string of the molecule is CCCNC(=O)c1nc(C(=O)NCc2ccc(F)cc2)c2ccccn12. The van der Waals surface area contributed by atoms with Crippen LogP contribution in [-0.4, -0.2) is 27.7 Å². The van der Waals surface area contributed by atoms with Gasteiger partial charge in [-0.3, -0.25) is 14.0 Å². The van der Waals surface area contributed by atoms with Crippen molar-refractivity contribution in [2.75, 3.05) is 6.54 Å². The van der Waals surface area contributed by atoms with Crippen molar-refractivity contribution in [1.82, 2.24) is 20.0 Å². The zero-order chi connectivity index (χ0) is 18.5. The largest absolute Gasteiger partial charge is 0.349 e. The molecule has 0 aliphatic carbocycles. The molecule has 2 heterocycles. The summed E-state index contributed by atoms with van der Waals surface area (Å²) in [6.07, 6.45) is 2.50. The molecule has 0 atom stereocenters. The van der Waals surface area contributed by atoms with Gasteiger partial charge in [-0.25, -0.2) is 9.37 Å². The number of rotatable bonds is 6. The zero-order valence-electron chi connectivity index (χ0n) is 14.3. The molecule has 3 rings (SSSR count). The number of carbonyl (C=O) groups excluding carboxylic acids is 2. The van der Waals surface area contributed by atoms with Gasteiger partial charge in [-0.2, -0.15) is 0 Å². The highest BCUT2D eigenvalue weighted by Crippen LogP contribution is 2.14. The fraction of sp³-hybridized carbons (Fsp3) is 0.211. The van der Waals surface area contributed by atoms with E-state index in [0.717, 1.165) is 12.0 Å². The Morgan fingerprint density at radius 2 is 1.85 bits per heavy atom. The smallest absolute Gasteiger partial charge is 0.287 e. The molecule has 0 radical (unpaired) electrons. The minimum atomic E-state index is -0.396. The molecule has 7 heteroatoms. The Hall–Kier alpha value is -3.22. The van der Waals surface area contributed by atoms with E-state index in [0.29, 0.717) is 12.1 Å². The lowest BCUT2D eigenvalue weighted by molar-refractivity contribution is 0.0942. The topological polar surface area (TPSA) is 75.5 Å². The van der Waals surface area contributed by atoms with Gasteiger partial charge in [-0.05, 0) is 36.2 Å². The van der Waals surface area contributed by atoms with Crippen LogP contribution in [0.1, 0.15) is 40.0 Å². The molecule has 0 aliphatic rings. The van der Waals surface area contributed by atoms with Crippen LogP contribution in [0.4, 0.5) is 4.39 Å². The standard InChI is InChI=1S/C19H19FN4O2/c1-2-10-21-19(26)17-23-16(15-5-3-4-11-24(15)17)18(25)22-12-13-6-8-14(20)9-7-13/h3-9,11H,2,10,12H2,1H3,(H,21,26)(H,22,25). The van der Waals surface area contributed by atoms with Gasteiger partial charge >= 0.3 is 0 Å². The average molecular weight is 354 g/mol. The molecule has 0 aliphatic heterocycles. The molecule has 2 N–H and O–H groups in total. The van der Waals surface area contributed by atoms with Gasteiger partial charge in [0.2, 0.25) is 5.82 Å². The van der Waals surface area contributed by atoms with Crippen LogP contribution in [0.25, 0.3) is 5.52 Å². The highest BCUT2D eigenvalue weighted by molar-refractivity contribution is 6.02. The molecule has 1 aromatic carbocycles. The van der Waals surface area contributed by atoms with E-state index in [1.54, 1.807) is 40.9 Å². The minimum Gasteiger partial charge on any atom is -0.349 e. The Kier molecular flexibility index (Phi) is 5.26. The van der Waals surface area contributed by atoms with E-state index in [1.165, 1.54) is 12.1 Å². The summed E-state index contributed by atoms with van der Waals surface area (Å²) in [4.78, 5) is 29.1. The molecule has 134 valence electrons. The van der Waals surface area contributed by atoms with Crippen LogP contribution in [0.15, 0.2) is 48.7 Å². The van der Waals surface area contributed by atoms with Crippen molar-refractivity contribution < 1.29 is 14.0 Å². The molecular weight excluding hydrogens is 335 g/mol. The van der Waals surface area contributed by atoms with Crippen molar-refractivity contribution in [1.29, 1.82) is 0 Å². The van der Waals surface area contributed by atoms with Crippen LogP contribution in [0.3, 0.4) is 0 Å². The van der Waals surface area contributed by atoms with Gasteiger partial charge < -0.3 is 10.6 Å². The Labute approximate surface area is 150 Å². The summed E-state index contributed by atoms with van der Waals surface area (Å²) in [5.41, 5.74) is 1.49. The number of nitrogens with one attached hydrogen (secondary N) is 2. The maximum Gasteiger partial charge on any atom is 0.287 e. The lowest BCUT2D eigenvalue weighted by atomic mass is 10.2. The predicted molar refractivity (Wildman–Crippen MR) is 95.4 cm³/mol. The predicted octanol–water partition coefficient (Wildman–Crippen LogP) is 2.54. The highest BCUT2D eigenvalue weighted by atomic mass is 19.1. The second-order valence-electron chi connectivity index (χ2n) is 5.80. The van der Waals surface area contributed by atoms with Crippen LogP contribution < -0.4 is 10.6 Å². The summed E-state index contributed by atoms with van der Waals surface area (Å²) < 4.78 is 14.5. The summed E-state index contributed by atoms with van der Waals surface area (Å²) in [6, 6.07) is 11.2. The second-order valence-corrected chi connectivity index (χ2v) is 5.80. The second kappa shape index (κ2) is 7.77. The zero-order valence-corrected chi connectivity index (χ0v) is 14.3. The molecule has 0 fully saturated rings. The van der Waals surface area contributed by atoms with Crippen LogP contribution >= 0.6 is 0 Å². The Morgan fingerprint density at radius 1 is 1.08 bits per heavy atom. The van der Waals surface area contributed by atoms with Crippen LogP contribution in [0.5, 0.6) is 0 Å². The lowest BCUT2D eigenvalue weighted by Crippen LogP contribution is -2.26. The molecule has 0 spiro atoms. The molecular formula is C19H19FN4O2. The molecule has 0 bridgehead atoms. The first-order valence-corrected chi connectivity index (χ1v) is 8.38. The maximum absolute atomic E-state index is 13.0. The average Bonchev–Trinajstić information content (AvgIpc) is 3.05. The van der Waals surface area contributed by atoms with Gasteiger partial charge in [0, 0.05) is 19.3 Å². The van der Waals surface area contributed by atoms with E-state index in [2.05, 4.69) is 15.6 Å². The highest BCUT2D eigenvalue weighted by Gasteiger charge is 2.20. The van der Waals surface area contributed by atoms with Crippen molar-refractivity contribution in [3.63, 3.8) is 0 Å². The molecule has 6 nitrogen and oxygen atoms in total. The number of fused-ring (bicyclic) bond motifs is 1. The van der Waals surface area contributed by atoms with Crippen LogP contribution in [0.2, 0.25) is 0 Å². The van der Waals surface area contributed by atoms with Gasteiger partial charge in [-0.15, -0.1) is 0 Å². The Bertz CT molecular complexity index is 934. The molecule has 0 unspecified atom stereocenters. The number of benzene rings is 1. The van der Waals surface area contributed by atoms with E-state index in [-0.39, 0.29) is 29.8 Å². The molecule has 2 aromatic heterocycles.